The van der Waals surface area contributed by atoms with Crippen LogP contribution in [-0.4, -0.2) is 21.9 Å². The average Bonchev–Trinajstić information content (AvgIpc) is 3.06. The van der Waals surface area contributed by atoms with Crippen molar-refractivity contribution in [1.29, 1.82) is 0 Å². The van der Waals surface area contributed by atoms with Crippen LogP contribution in [0.5, 0.6) is 0 Å². The van der Waals surface area contributed by atoms with Crippen LogP contribution in [0.25, 0.3) is 10.8 Å². The Kier molecular flexibility index (Phi) is 4.70. The van der Waals surface area contributed by atoms with Crippen LogP contribution in [0.4, 0.5) is 0 Å². The molecule has 4 nitrogen and oxygen atoms in total. The Balaban J connectivity index is 1.68. The normalized spacial score (nSPS) is 12.2. The molecule has 0 bridgehead atoms. The Morgan fingerprint density at radius 3 is 2.91 bits per heavy atom. The number of carbonyl (C=O) groups excluding carboxylic acids is 1. The molecule has 0 unspecified atom stereocenters. The second-order valence-corrected chi connectivity index (χ2v) is 6.91. The Morgan fingerprint density at radius 1 is 1.27 bits per heavy atom. The van der Waals surface area contributed by atoms with E-state index in [0.717, 1.165) is 9.90 Å². The van der Waals surface area contributed by atoms with E-state index >= 15 is 0 Å². The predicted octanol–water partition coefficient (Wildman–Crippen LogP) is 3.66. The maximum absolute atomic E-state index is 12.1. The molecule has 0 radical (unpaired) electrons. The lowest BCUT2D eigenvalue weighted by molar-refractivity contribution is -0.119. The van der Waals surface area contributed by atoms with Crippen LogP contribution >= 0.6 is 23.1 Å². The first-order valence-corrected chi connectivity index (χ1v) is 8.76. The number of fused-ring (bicyclic) bond motifs is 1. The summed E-state index contributed by atoms with van der Waals surface area (Å²) in [6.07, 6.45) is 0. The van der Waals surface area contributed by atoms with Crippen LogP contribution in [0.15, 0.2) is 52.3 Å². The van der Waals surface area contributed by atoms with Crippen LogP contribution in [0, 0.1) is 0 Å². The average molecular weight is 329 g/mol. The first kappa shape index (κ1) is 15.0. The molecule has 2 aromatic carbocycles. The highest BCUT2D eigenvalue weighted by atomic mass is 32.2. The van der Waals surface area contributed by atoms with Crippen molar-refractivity contribution < 1.29 is 4.79 Å². The molecule has 0 aliphatic carbocycles. The van der Waals surface area contributed by atoms with Gasteiger partial charge in [0.1, 0.15) is 5.51 Å². The first-order chi connectivity index (χ1) is 10.7. The SMILES string of the molecule is C[C@H](NC(=O)CSc1nncs1)c1cccc2ccccc12. The summed E-state index contributed by atoms with van der Waals surface area (Å²) < 4.78 is 0.813. The summed E-state index contributed by atoms with van der Waals surface area (Å²) in [4.78, 5) is 12.1. The highest BCUT2D eigenvalue weighted by Crippen LogP contribution is 2.24. The summed E-state index contributed by atoms with van der Waals surface area (Å²) in [6, 6.07) is 14.3. The van der Waals surface area contributed by atoms with E-state index in [1.54, 1.807) is 5.51 Å². The second kappa shape index (κ2) is 6.89. The zero-order valence-electron chi connectivity index (χ0n) is 12.0. The van der Waals surface area contributed by atoms with Gasteiger partial charge in [0.05, 0.1) is 11.8 Å². The van der Waals surface area contributed by atoms with E-state index in [9.17, 15) is 4.79 Å². The molecule has 22 heavy (non-hydrogen) atoms. The van der Waals surface area contributed by atoms with E-state index < -0.39 is 0 Å². The van der Waals surface area contributed by atoms with Crippen molar-refractivity contribution in [2.24, 2.45) is 0 Å². The van der Waals surface area contributed by atoms with Crippen LogP contribution in [0.3, 0.4) is 0 Å². The number of thioether (sulfide) groups is 1. The van der Waals surface area contributed by atoms with Crippen molar-refractivity contribution in [1.82, 2.24) is 15.5 Å². The molecule has 0 spiro atoms. The van der Waals surface area contributed by atoms with Crippen LogP contribution in [0.2, 0.25) is 0 Å². The Labute approximate surface area is 137 Å². The van der Waals surface area contributed by atoms with Gasteiger partial charge < -0.3 is 5.32 Å². The van der Waals surface area contributed by atoms with E-state index in [4.69, 9.17) is 0 Å². The molecule has 0 saturated heterocycles. The highest BCUT2D eigenvalue weighted by molar-refractivity contribution is 8.01. The van der Waals surface area contributed by atoms with Gasteiger partial charge in [-0.3, -0.25) is 4.79 Å². The van der Waals surface area contributed by atoms with Crippen LogP contribution in [0.1, 0.15) is 18.5 Å². The summed E-state index contributed by atoms with van der Waals surface area (Å²) in [5.41, 5.74) is 2.80. The van der Waals surface area contributed by atoms with Crippen molar-refractivity contribution in [3.63, 3.8) is 0 Å². The lowest BCUT2D eigenvalue weighted by Crippen LogP contribution is -2.28. The first-order valence-electron chi connectivity index (χ1n) is 6.90. The summed E-state index contributed by atoms with van der Waals surface area (Å²) in [5, 5.41) is 13.1. The lowest BCUT2D eigenvalue weighted by atomic mass is 10.00. The molecule has 0 saturated carbocycles. The van der Waals surface area contributed by atoms with Gasteiger partial charge in [-0.05, 0) is 23.3 Å². The Morgan fingerprint density at radius 2 is 2.09 bits per heavy atom. The van der Waals surface area contributed by atoms with Gasteiger partial charge >= 0.3 is 0 Å². The van der Waals surface area contributed by atoms with Crippen molar-refractivity contribution >= 4 is 39.8 Å². The van der Waals surface area contributed by atoms with E-state index in [2.05, 4.69) is 39.8 Å². The number of amides is 1. The smallest absolute Gasteiger partial charge is 0.230 e. The third kappa shape index (κ3) is 3.45. The topological polar surface area (TPSA) is 54.9 Å². The number of nitrogens with one attached hydrogen (secondary N) is 1. The number of carbonyl (C=O) groups is 1. The fourth-order valence-electron chi connectivity index (χ4n) is 2.34. The van der Waals surface area contributed by atoms with Gasteiger partial charge in [-0.1, -0.05) is 65.6 Å². The Hall–Kier alpha value is -1.92. The molecular weight excluding hydrogens is 314 g/mol. The maximum atomic E-state index is 12.1. The van der Waals surface area contributed by atoms with Gasteiger partial charge in [-0.25, -0.2) is 0 Å². The summed E-state index contributed by atoms with van der Waals surface area (Å²) >= 11 is 2.85. The Bertz CT molecular complexity index is 769. The van der Waals surface area contributed by atoms with Crippen molar-refractivity contribution in [2.75, 3.05) is 5.75 Å². The molecule has 0 fully saturated rings. The zero-order valence-corrected chi connectivity index (χ0v) is 13.7. The molecule has 3 rings (SSSR count). The molecule has 0 aliphatic rings. The minimum absolute atomic E-state index is 0.000587. The third-order valence-electron chi connectivity index (χ3n) is 3.33. The molecule has 1 heterocycles. The number of benzene rings is 2. The molecule has 3 aromatic rings. The van der Waals surface area contributed by atoms with Gasteiger partial charge in [0.2, 0.25) is 5.91 Å². The van der Waals surface area contributed by atoms with E-state index in [-0.39, 0.29) is 11.9 Å². The number of rotatable bonds is 5. The fraction of sp³-hybridized carbons (Fsp3) is 0.188. The van der Waals surface area contributed by atoms with Gasteiger partial charge in [-0.15, -0.1) is 10.2 Å². The second-order valence-electron chi connectivity index (χ2n) is 4.85. The minimum atomic E-state index is -0.0337. The standard InChI is InChI=1S/C16H15N3OS2/c1-11(18-15(20)9-21-16-19-17-10-22-16)13-8-4-6-12-5-2-3-7-14(12)13/h2-8,10-11H,9H2,1H3,(H,18,20)/t11-/m0/s1. The monoisotopic (exact) mass is 329 g/mol. The number of hydrogen-bond acceptors (Lipinski definition) is 5. The van der Waals surface area contributed by atoms with Gasteiger partial charge in [0, 0.05) is 0 Å². The third-order valence-corrected chi connectivity index (χ3v) is 5.19. The highest BCUT2D eigenvalue weighted by Gasteiger charge is 2.13. The van der Waals surface area contributed by atoms with E-state index in [1.807, 2.05) is 25.1 Å². The zero-order chi connectivity index (χ0) is 15.4. The number of hydrogen-bond donors (Lipinski definition) is 1. The molecule has 1 atom stereocenters. The lowest BCUT2D eigenvalue weighted by Gasteiger charge is -2.16. The van der Waals surface area contributed by atoms with E-state index in [0.29, 0.717) is 5.75 Å². The van der Waals surface area contributed by atoms with Crippen LogP contribution < -0.4 is 5.32 Å². The predicted molar refractivity (Wildman–Crippen MR) is 91.1 cm³/mol. The maximum Gasteiger partial charge on any atom is 0.230 e. The number of aromatic nitrogens is 2. The van der Waals surface area contributed by atoms with Gasteiger partial charge in [0.25, 0.3) is 0 Å². The number of nitrogens with zero attached hydrogens (tertiary/aromatic N) is 2. The van der Waals surface area contributed by atoms with Gasteiger partial charge in [0.15, 0.2) is 4.34 Å². The molecule has 1 N–H and O–H groups in total. The van der Waals surface area contributed by atoms with Crippen LogP contribution in [-0.2, 0) is 4.79 Å². The summed E-state index contributed by atoms with van der Waals surface area (Å²) in [7, 11) is 0. The van der Waals surface area contributed by atoms with Crippen molar-refractivity contribution in [2.45, 2.75) is 17.3 Å². The molecule has 112 valence electrons. The minimum Gasteiger partial charge on any atom is -0.349 e. The summed E-state index contributed by atoms with van der Waals surface area (Å²) in [5.74, 6) is 0.352. The molecule has 1 amide bonds. The molecule has 1 aromatic heterocycles. The summed E-state index contributed by atoms with van der Waals surface area (Å²) in [6.45, 7) is 2.01. The van der Waals surface area contributed by atoms with Crippen molar-refractivity contribution in [3.8, 4) is 0 Å². The van der Waals surface area contributed by atoms with Gasteiger partial charge in [-0.2, -0.15) is 0 Å². The van der Waals surface area contributed by atoms with E-state index in [1.165, 1.54) is 33.9 Å². The quantitative estimate of drug-likeness (QED) is 0.726. The molecule has 6 heteroatoms. The molecular formula is C16H15N3OS2. The van der Waals surface area contributed by atoms with Crippen molar-refractivity contribution in [3.05, 3.63) is 53.5 Å². The largest absolute Gasteiger partial charge is 0.349 e. The fourth-order valence-corrected chi connectivity index (χ4v) is 3.64. The molecule has 0 aliphatic heterocycles.